The van der Waals surface area contributed by atoms with Gasteiger partial charge in [0.15, 0.2) is 6.10 Å². The highest BCUT2D eigenvalue weighted by Crippen LogP contribution is 2.29. The van der Waals surface area contributed by atoms with E-state index < -0.39 is 18.0 Å². The molecule has 114 valence electrons. The summed E-state index contributed by atoms with van der Waals surface area (Å²) in [5.74, 6) is -0.960. The Morgan fingerprint density at radius 2 is 2.19 bits per heavy atom. The van der Waals surface area contributed by atoms with Gasteiger partial charge in [0.2, 0.25) is 5.91 Å². The van der Waals surface area contributed by atoms with Crippen LogP contribution in [0.3, 0.4) is 0 Å². The van der Waals surface area contributed by atoms with Crippen LogP contribution in [0.1, 0.15) is 25.5 Å². The zero-order valence-corrected chi connectivity index (χ0v) is 12.3. The molecule has 2 amide bonds. The number of likely N-dealkylation sites (N-methyl/N-ethyl adjacent to an activating group) is 1. The van der Waals surface area contributed by atoms with Crippen molar-refractivity contribution in [3.63, 3.8) is 0 Å². The van der Waals surface area contributed by atoms with Crippen molar-refractivity contribution in [2.24, 2.45) is 0 Å². The van der Waals surface area contributed by atoms with E-state index in [2.05, 4.69) is 5.32 Å². The summed E-state index contributed by atoms with van der Waals surface area (Å²) < 4.78 is 18.8. The minimum absolute atomic E-state index is 0.0443. The van der Waals surface area contributed by atoms with Gasteiger partial charge in [0.1, 0.15) is 12.4 Å². The summed E-state index contributed by atoms with van der Waals surface area (Å²) in [6.07, 6.45) is -0.850. The molecule has 2 rings (SSSR count). The maximum absolute atomic E-state index is 13.4. The lowest BCUT2D eigenvalue weighted by atomic mass is 9.97. The van der Waals surface area contributed by atoms with E-state index in [1.54, 1.807) is 19.2 Å². The molecule has 1 heterocycles. The summed E-state index contributed by atoms with van der Waals surface area (Å²) in [7, 11) is 1.59. The number of carbonyl (C=O) groups excluding carboxylic acids is 2. The quantitative estimate of drug-likeness (QED) is 0.912. The van der Waals surface area contributed by atoms with Gasteiger partial charge >= 0.3 is 0 Å². The molecule has 0 unspecified atom stereocenters. The first kappa shape index (κ1) is 15.4. The van der Waals surface area contributed by atoms with E-state index in [9.17, 15) is 14.0 Å². The monoisotopic (exact) mass is 294 g/mol. The third kappa shape index (κ3) is 3.39. The first-order chi connectivity index (χ1) is 9.90. The van der Waals surface area contributed by atoms with Crippen molar-refractivity contribution in [3.8, 4) is 0 Å². The molecule has 0 aliphatic carbocycles. The van der Waals surface area contributed by atoms with Gasteiger partial charge < -0.3 is 15.0 Å². The normalized spacial score (nSPS) is 22.5. The average Bonchev–Trinajstić information content (AvgIpc) is 2.40. The Morgan fingerprint density at radius 3 is 2.81 bits per heavy atom. The molecule has 1 aliphatic rings. The van der Waals surface area contributed by atoms with Gasteiger partial charge in [-0.15, -0.1) is 0 Å². The number of rotatable bonds is 3. The fourth-order valence-electron chi connectivity index (χ4n) is 2.39. The van der Waals surface area contributed by atoms with Crippen molar-refractivity contribution in [2.75, 3.05) is 13.7 Å². The standard InChI is InChI=1S/C15H19FN2O3/c1-9(2)17-15(20)14-13(18(3)12(19)8-21-14)10-5-4-6-11(16)7-10/h4-7,9,13-14H,8H2,1-3H3,(H,17,20)/t13-,14-/m0/s1. The van der Waals surface area contributed by atoms with Crippen LogP contribution in [0.5, 0.6) is 0 Å². The Hall–Kier alpha value is -1.95. The van der Waals surface area contributed by atoms with Crippen LogP contribution >= 0.6 is 0 Å². The van der Waals surface area contributed by atoms with Gasteiger partial charge in [-0.2, -0.15) is 0 Å². The molecule has 1 fully saturated rings. The molecular weight excluding hydrogens is 275 g/mol. The van der Waals surface area contributed by atoms with Crippen molar-refractivity contribution in [2.45, 2.75) is 32.0 Å². The van der Waals surface area contributed by atoms with Gasteiger partial charge in [0.25, 0.3) is 5.91 Å². The second kappa shape index (κ2) is 6.22. The Kier molecular flexibility index (Phi) is 4.57. The Bertz CT molecular complexity index is 547. The Balaban J connectivity index is 2.33. The summed E-state index contributed by atoms with van der Waals surface area (Å²) >= 11 is 0. The molecule has 1 saturated heterocycles. The van der Waals surface area contributed by atoms with Gasteiger partial charge in [-0.25, -0.2) is 4.39 Å². The first-order valence-electron chi connectivity index (χ1n) is 6.83. The SMILES string of the molecule is CC(C)NC(=O)[C@H]1OCC(=O)N(C)[C@H]1c1cccc(F)c1. The third-order valence-corrected chi connectivity index (χ3v) is 3.36. The summed E-state index contributed by atoms with van der Waals surface area (Å²) in [4.78, 5) is 25.5. The van der Waals surface area contributed by atoms with Crippen molar-refractivity contribution >= 4 is 11.8 Å². The number of hydrogen-bond acceptors (Lipinski definition) is 3. The van der Waals surface area contributed by atoms with Crippen LogP contribution in [-0.4, -0.2) is 42.5 Å². The van der Waals surface area contributed by atoms with Crippen LogP contribution in [0, 0.1) is 5.82 Å². The van der Waals surface area contributed by atoms with Gasteiger partial charge in [-0.1, -0.05) is 12.1 Å². The van der Waals surface area contributed by atoms with Crippen LogP contribution in [0.15, 0.2) is 24.3 Å². The number of ether oxygens (including phenoxy) is 1. The van der Waals surface area contributed by atoms with E-state index in [-0.39, 0.29) is 24.5 Å². The molecule has 0 spiro atoms. The fraction of sp³-hybridized carbons (Fsp3) is 0.467. The van der Waals surface area contributed by atoms with E-state index in [0.29, 0.717) is 5.56 Å². The molecule has 2 atom stereocenters. The minimum Gasteiger partial charge on any atom is -0.356 e. The van der Waals surface area contributed by atoms with E-state index in [1.807, 2.05) is 13.8 Å². The number of benzene rings is 1. The zero-order chi connectivity index (χ0) is 15.6. The smallest absolute Gasteiger partial charge is 0.251 e. The summed E-state index contributed by atoms with van der Waals surface area (Å²) in [6, 6.07) is 5.19. The van der Waals surface area contributed by atoms with Gasteiger partial charge in [0, 0.05) is 13.1 Å². The van der Waals surface area contributed by atoms with Crippen molar-refractivity contribution in [3.05, 3.63) is 35.6 Å². The molecule has 0 radical (unpaired) electrons. The highest BCUT2D eigenvalue weighted by atomic mass is 19.1. The summed E-state index contributed by atoms with van der Waals surface area (Å²) in [6.45, 7) is 3.53. The molecule has 1 N–H and O–H groups in total. The largest absolute Gasteiger partial charge is 0.356 e. The predicted octanol–water partition coefficient (Wildman–Crippen LogP) is 1.25. The lowest BCUT2D eigenvalue weighted by Crippen LogP contribution is -2.53. The molecule has 21 heavy (non-hydrogen) atoms. The molecule has 0 bridgehead atoms. The van der Waals surface area contributed by atoms with E-state index in [0.717, 1.165) is 0 Å². The van der Waals surface area contributed by atoms with Crippen molar-refractivity contribution in [1.82, 2.24) is 10.2 Å². The fourth-order valence-corrected chi connectivity index (χ4v) is 2.39. The Morgan fingerprint density at radius 1 is 1.48 bits per heavy atom. The topological polar surface area (TPSA) is 58.6 Å². The maximum atomic E-state index is 13.4. The Labute approximate surface area is 123 Å². The lowest BCUT2D eigenvalue weighted by molar-refractivity contribution is -0.162. The molecule has 1 aliphatic heterocycles. The van der Waals surface area contributed by atoms with E-state index in [1.165, 1.54) is 17.0 Å². The van der Waals surface area contributed by atoms with E-state index in [4.69, 9.17) is 4.74 Å². The second-order valence-corrected chi connectivity index (χ2v) is 5.40. The number of carbonyl (C=O) groups is 2. The highest BCUT2D eigenvalue weighted by molar-refractivity contribution is 5.86. The first-order valence-corrected chi connectivity index (χ1v) is 6.83. The maximum Gasteiger partial charge on any atom is 0.251 e. The van der Waals surface area contributed by atoms with Crippen molar-refractivity contribution in [1.29, 1.82) is 0 Å². The second-order valence-electron chi connectivity index (χ2n) is 5.40. The highest BCUT2D eigenvalue weighted by Gasteiger charge is 2.40. The number of morpholine rings is 1. The molecule has 1 aromatic rings. The summed E-state index contributed by atoms with van der Waals surface area (Å²) in [5, 5.41) is 2.77. The third-order valence-electron chi connectivity index (χ3n) is 3.36. The van der Waals surface area contributed by atoms with E-state index >= 15 is 0 Å². The molecule has 6 heteroatoms. The minimum atomic E-state index is -0.850. The number of hydrogen-bond donors (Lipinski definition) is 1. The molecule has 0 aromatic heterocycles. The van der Waals surface area contributed by atoms with Crippen LogP contribution in [0.4, 0.5) is 4.39 Å². The number of halogens is 1. The molecule has 0 saturated carbocycles. The van der Waals surface area contributed by atoms with Crippen LogP contribution < -0.4 is 5.32 Å². The number of nitrogens with zero attached hydrogens (tertiary/aromatic N) is 1. The number of nitrogens with one attached hydrogen (secondary N) is 1. The van der Waals surface area contributed by atoms with Crippen LogP contribution in [0.2, 0.25) is 0 Å². The van der Waals surface area contributed by atoms with Crippen molar-refractivity contribution < 1.29 is 18.7 Å². The number of amides is 2. The molecule has 5 nitrogen and oxygen atoms in total. The van der Waals surface area contributed by atoms with Gasteiger partial charge in [0.05, 0.1) is 6.04 Å². The van der Waals surface area contributed by atoms with Gasteiger partial charge in [-0.3, -0.25) is 9.59 Å². The van der Waals surface area contributed by atoms with Crippen LogP contribution in [-0.2, 0) is 14.3 Å². The zero-order valence-electron chi connectivity index (χ0n) is 12.3. The summed E-state index contributed by atoms with van der Waals surface area (Å²) in [5.41, 5.74) is 0.537. The van der Waals surface area contributed by atoms with Gasteiger partial charge in [-0.05, 0) is 31.5 Å². The lowest BCUT2D eigenvalue weighted by Gasteiger charge is -2.38. The predicted molar refractivity (Wildman–Crippen MR) is 74.9 cm³/mol. The van der Waals surface area contributed by atoms with Crippen LogP contribution in [0.25, 0.3) is 0 Å². The average molecular weight is 294 g/mol. The molecular formula is C15H19FN2O3. The molecule has 1 aromatic carbocycles.